The number of nitrogens with one attached hydrogen (secondary N) is 1. The van der Waals surface area contributed by atoms with Gasteiger partial charge in [0.1, 0.15) is 17.7 Å². The van der Waals surface area contributed by atoms with Crippen LogP contribution in [0.4, 0.5) is 17.6 Å². The van der Waals surface area contributed by atoms with Crippen LogP contribution in [0.25, 0.3) is 16.6 Å². The van der Waals surface area contributed by atoms with Crippen LogP contribution in [0, 0.1) is 5.82 Å². The number of alkyl halides is 3. The highest BCUT2D eigenvalue weighted by Crippen LogP contribution is 2.30. The van der Waals surface area contributed by atoms with Gasteiger partial charge in [-0.2, -0.15) is 30.0 Å². The SMILES string of the molecule is CCSCc1ccc(C(Oc2ccc3c(cnn3-c3ccc(F)cc3)c2)C(C)NC(=O)C(F)(F)F)cc1. The molecule has 0 radical (unpaired) electrons. The summed E-state index contributed by atoms with van der Waals surface area (Å²) in [6.07, 6.45) is -4.27. The first kappa shape index (κ1) is 26.5. The Balaban J connectivity index is 1.62. The molecule has 1 heterocycles. The van der Waals surface area contributed by atoms with Crippen LogP contribution >= 0.6 is 11.8 Å². The largest absolute Gasteiger partial charge is 0.484 e. The number of thioether (sulfide) groups is 1. The van der Waals surface area contributed by atoms with Gasteiger partial charge in [-0.1, -0.05) is 31.2 Å². The molecule has 5 nitrogen and oxygen atoms in total. The Morgan fingerprint density at radius 3 is 2.43 bits per heavy atom. The number of amides is 1. The van der Waals surface area contributed by atoms with E-state index in [9.17, 15) is 22.4 Å². The number of rotatable bonds is 9. The second kappa shape index (κ2) is 11.2. The van der Waals surface area contributed by atoms with E-state index in [-0.39, 0.29) is 5.82 Å². The number of hydrogen-bond donors (Lipinski definition) is 1. The molecule has 1 amide bonds. The van der Waals surface area contributed by atoms with E-state index in [1.54, 1.807) is 65.1 Å². The van der Waals surface area contributed by atoms with Crippen molar-refractivity contribution in [1.29, 1.82) is 0 Å². The summed E-state index contributed by atoms with van der Waals surface area (Å²) in [6.45, 7) is 3.54. The van der Waals surface area contributed by atoms with Crippen LogP contribution in [0.3, 0.4) is 0 Å². The monoisotopic (exact) mass is 531 g/mol. The smallest absolute Gasteiger partial charge is 0.471 e. The maximum Gasteiger partial charge on any atom is 0.471 e. The molecule has 0 fully saturated rings. The van der Waals surface area contributed by atoms with Crippen molar-refractivity contribution in [3.05, 3.63) is 89.9 Å². The van der Waals surface area contributed by atoms with Crippen LogP contribution in [0.1, 0.15) is 31.1 Å². The van der Waals surface area contributed by atoms with Gasteiger partial charge < -0.3 is 10.1 Å². The molecule has 0 aliphatic heterocycles. The predicted octanol–water partition coefficient (Wildman–Crippen LogP) is 6.60. The topological polar surface area (TPSA) is 56.1 Å². The molecule has 0 saturated carbocycles. The lowest BCUT2D eigenvalue weighted by molar-refractivity contribution is -0.174. The number of fused-ring (bicyclic) bond motifs is 1. The first-order valence-electron chi connectivity index (χ1n) is 11.6. The lowest BCUT2D eigenvalue weighted by Gasteiger charge is -2.27. The van der Waals surface area contributed by atoms with E-state index < -0.39 is 24.2 Å². The lowest BCUT2D eigenvalue weighted by Crippen LogP contribution is -2.45. The normalized spacial score (nSPS) is 13.4. The van der Waals surface area contributed by atoms with Gasteiger partial charge in [0, 0.05) is 11.1 Å². The number of carbonyl (C=O) groups excluding carboxylic acids is 1. The fraction of sp³-hybridized carbons (Fsp3) is 0.259. The first-order valence-corrected chi connectivity index (χ1v) is 12.8. The highest BCUT2D eigenvalue weighted by Gasteiger charge is 2.40. The van der Waals surface area contributed by atoms with Crippen molar-refractivity contribution in [3.8, 4) is 11.4 Å². The summed E-state index contributed by atoms with van der Waals surface area (Å²) in [4.78, 5) is 11.6. The highest BCUT2D eigenvalue weighted by atomic mass is 32.2. The van der Waals surface area contributed by atoms with E-state index >= 15 is 0 Å². The van der Waals surface area contributed by atoms with Gasteiger partial charge in [-0.3, -0.25) is 4.79 Å². The second-order valence-electron chi connectivity index (χ2n) is 8.43. The summed E-state index contributed by atoms with van der Waals surface area (Å²) >= 11 is 1.76. The van der Waals surface area contributed by atoms with Gasteiger partial charge in [-0.25, -0.2) is 9.07 Å². The van der Waals surface area contributed by atoms with Gasteiger partial charge in [-0.05, 0) is 66.3 Å². The molecule has 2 unspecified atom stereocenters. The Hall–Kier alpha value is -3.53. The molecular formula is C27H25F4N3O2S. The standard InChI is InChI=1S/C27H25F4N3O2S/c1-3-37-16-18-4-6-19(7-5-18)25(17(2)33-26(35)27(29,30)31)36-23-12-13-24-20(14-23)15-32-34(24)22-10-8-21(28)9-11-22/h4-15,17,25H,3,16H2,1-2H3,(H,33,35). The lowest BCUT2D eigenvalue weighted by atomic mass is 10.0. The van der Waals surface area contributed by atoms with Crippen molar-refractivity contribution in [1.82, 2.24) is 15.1 Å². The molecule has 194 valence electrons. The molecule has 4 aromatic rings. The van der Waals surface area contributed by atoms with Crippen molar-refractivity contribution >= 4 is 28.6 Å². The summed E-state index contributed by atoms with van der Waals surface area (Å²) in [7, 11) is 0. The molecule has 4 rings (SSSR count). The first-order chi connectivity index (χ1) is 17.7. The van der Waals surface area contributed by atoms with Gasteiger partial charge in [0.2, 0.25) is 0 Å². The second-order valence-corrected chi connectivity index (χ2v) is 9.70. The Bertz CT molecular complexity index is 1360. The summed E-state index contributed by atoms with van der Waals surface area (Å²) in [6, 6.07) is 17.5. The van der Waals surface area contributed by atoms with E-state index in [2.05, 4.69) is 12.0 Å². The van der Waals surface area contributed by atoms with Crippen molar-refractivity contribution in [2.24, 2.45) is 0 Å². The van der Waals surface area contributed by atoms with Gasteiger partial charge in [0.05, 0.1) is 23.4 Å². The summed E-state index contributed by atoms with van der Waals surface area (Å²) < 4.78 is 59.9. The van der Waals surface area contributed by atoms with Gasteiger partial charge in [-0.15, -0.1) is 0 Å². The van der Waals surface area contributed by atoms with E-state index in [0.717, 1.165) is 28.0 Å². The van der Waals surface area contributed by atoms with Gasteiger partial charge in [0.15, 0.2) is 0 Å². The maximum atomic E-state index is 13.3. The number of ether oxygens (including phenoxy) is 1. The van der Waals surface area contributed by atoms with Crippen LogP contribution in [-0.2, 0) is 10.5 Å². The van der Waals surface area contributed by atoms with E-state index in [4.69, 9.17) is 4.74 Å². The molecule has 3 aromatic carbocycles. The van der Waals surface area contributed by atoms with Crippen LogP contribution < -0.4 is 10.1 Å². The average Bonchev–Trinajstić information content (AvgIpc) is 3.29. The minimum atomic E-state index is -5.01. The molecule has 2 atom stereocenters. The van der Waals surface area contributed by atoms with Crippen LogP contribution in [-0.4, -0.2) is 33.7 Å². The molecule has 1 aromatic heterocycles. The third-order valence-electron chi connectivity index (χ3n) is 5.73. The molecule has 0 aliphatic carbocycles. The van der Waals surface area contributed by atoms with E-state index in [0.29, 0.717) is 17.0 Å². The van der Waals surface area contributed by atoms with Gasteiger partial charge in [0.25, 0.3) is 0 Å². The molecule has 10 heteroatoms. The van der Waals surface area contributed by atoms with Crippen LogP contribution in [0.15, 0.2) is 72.9 Å². The Labute approximate surface area is 215 Å². The Morgan fingerprint density at radius 2 is 1.78 bits per heavy atom. The van der Waals surface area contributed by atoms with Crippen molar-refractivity contribution in [3.63, 3.8) is 0 Å². The predicted molar refractivity (Wildman–Crippen MR) is 136 cm³/mol. The number of aromatic nitrogens is 2. The number of benzene rings is 3. The Morgan fingerprint density at radius 1 is 1.08 bits per heavy atom. The molecule has 37 heavy (non-hydrogen) atoms. The average molecular weight is 532 g/mol. The molecule has 1 N–H and O–H groups in total. The minimum Gasteiger partial charge on any atom is -0.484 e. The zero-order valence-electron chi connectivity index (χ0n) is 20.1. The number of nitrogens with zero attached hydrogens (tertiary/aromatic N) is 2. The highest BCUT2D eigenvalue weighted by molar-refractivity contribution is 7.98. The van der Waals surface area contributed by atoms with Crippen molar-refractivity contribution in [2.45, 2.75) is 37.9 Å². The zero-order chi connectivity index (χ0) is 26.6. The molecule has 0 aliphatic rings. The van der Waals surface area contributed by atoms with E-state index in [1.165, 1.54) is 19.1 Å². The maximum absolute atomic E-state index is 13.3. The summed E-state index contributed by atoms with van der Waals surface area (Å²) in [5.41, 5.74) is 3.12. The fourth-order valence-electron chi connectivity index (χ4n) is 3.87. The number of carbonyl (C=O) groups is 1. The zero-order valence-corrected chi connectivity index (χ0v) is 20.9. The van der Waals surface area contributed by atoms with E-state index in [1.807, 2.05) is 17.4 Å². The number of hydrogen-bond acceptors (Lipinski definition) is 4. The molecular weight excluding hydrogens is 506 g/mol. The summed E-state index contributed by atoms with van der Waals surface area (Å²) in [5, 5.41) is 7.10. The number of halogens is 4. The third kappa shape index (κ3) is 6.43. The molecule has 0 saturated heterocycles. The molecule has 0 spiro atoms. The van der Waals surface area contributed by atoms with Crippen molar-refractivity contribution in [2.75, 3.05) is 5.75 Å². The minimum absolute atomic E-state index is 0.356. The van der Waals surface area contributed by atoms with Gasteiger partial charge >= 0.3 is 12.1 Å². The Kier molecular flexibility index (Phi) is 8.06. The molecule has 0 bridgehead atoms. The van der Waals surface area contributed by atoms with Crippen molar-refractivity contribution < 1.29 is 27.1 Å². The fourth-order valence-corrected chi connectivity index (χ4v) is 4.50. The van der Waals surface area contributed by atoms with Crippen LogP contribution in [0.5, 0.6) is 5.75 Å². The quantitative estimate of drug-likeness (QED) is 0.247. The third-order valence-corrected chi connectivity index (χ3v) is 6.67. The summed E-state index contributed by atoms with van der Waals surface area (Å²) in [5.74, 6) is -0.202. The van der Waals surface area contributed by atoms with Crippen LogP contribution in [0.2, 0.25) is 0 Å².